The highest BCUT2D eigenvalue weighted by molar-refractivity contribution is 5.97. The molecule has 1 amide bonds. The van der Waals surface area contributed by atoms with Crippen LogP contribution in [0.4, 0.5) is 4.39 Å². The highest BCUT2D eigenvalue weighted by Gasteiger charge is 2.20. The van der Waals surface area contributed by atoms with Crippen molar-refractivity contribution in [1.82, 2.24) is 15.3 Å². The number of hydrogen-bond acceptors (Lipinski definition) is 2. The summed E-state index contributed by atoms with van der Waals surface area (Å²) in [4.78, 5) is 18.4. The van der Waals surface area contributed by atoms with Crippen LogP contribution in [0.3, 0.4) is 0 Å². The van der Waals surface area contributed by atoms with Crippen molar-refractivity contribution in [2.45, 2.75) is 6.42 Å². The molecule has 0 bridgehead atoms. The Bertz CT molecular complexity index is 597. The first-order chi connectivity index (χ1) is 8.25. The topological polar surface area (TPSA) is 57.8 Å². The molecule has 1 aliphatic rings. The van der Waals surface area contributed by atoms with Gasteiger partial charge in [0, 0.05) is 36.1 Å². The predicted octanol–water partition coefficient (Wildman–Crippen LogP) is 1.92. The normalized spacial score (nSPS) is 13.5. The van der Waals surface area contributed by atoms with Crippen LogP contribution in [0.2, 0.25) is 0 Å². The van der Waals surface area contributed by atoms with Gasteiger partial charge in [-0.3, -0.25) is 9.78 Å². The minimum Gasteiger partial charge on any atom is -0.358 e. The van der Waals surface area contributed by atoms with Crippen LogP contribution in [0, 0.1) is 5.82 Å². The van der Waals surface area contributed by atoms with Crippen molar-refractivity contribution >= 4 is 18.3 Å². The van der Waals surface area contributed by atoms with E-state index in [1.807, 2.05) is 0 Å². The van der Waals surface area contributed by atoms with Crippen LogP contribution in [-0.2, 0) is 6.42 Å². The van der Waals surface area contributed by atoms with Crippen LogP contribution in [-0.4, -0.2) is 22.4 Å². The van der Waals surface area contributed by atoms with Crippen LogP contribution in [0.15, 0.2) is 24.5 Å². The van der Waals surface area contributed by atoms with E-state index in [1.54, 1.807) is 12.1 Å². The fourth-order valence-electron chi connectivity index (χ4n) is 2.03. The van der Waals surface area contributed by atoms with Gasteiger partial charge >= 0.3 is 0 Å². The molecule has 0 atom stereocenters. The second kappa shape index (κ2) is 4.78. The van der Waals surface area contributed by atoms with Crippen molar-refractivity contribution in [3.05, 3.63) is 41.6 Å². The summed E-state index contributed by atoms with van der Waals surface area (Å²) in [6, 6.07) is 3.27. The number of hydrogen-bond donors (Lipinski definition) is 2. The number of amides is 1. The molecule has 3 heterocycles. The molecule has 2 N–H and O–H groups in total. The number of pyridine rings is 1. The molecular formula is C12H11ClFN3O. The molecule has 0 saturated heterocycles. The largest absolute Gasteiger partial charge is 0.358 e. The van der Waals surface area contributed by atoms with Gasteiger partial charge in [0.05, 0.1) is 11.8 Å². The van der Waals surface area contributed by atoms with Crippen molar-refractivity contribution in [3.8, 4) is 11.3 Å². The van der Waals surface area contributed by atoms with Gasteiger partial charge in [-0.15, -0.1) is 12.4 Å². The van der Waals surface area contributed by atoms with Crippen molar-refractivity contribution in [3.63, 3.8) is 0 Å². The Morgan fingerprint density at radius 3 is 2.89 bits per heavy atom. The molecule has 0 aliphatic carbocycles. The molecule has 0 unspecified atom stereocenters. The molecule has 0 fully saturated rings. The van der Waals surface area contributed by atoms with Crippen LogP contribution < -0.4 is 5.32 Å². The summed E-state index contributed by atoms with van der Waals surface area (Å²) in [6.07, 6.45) is 3.43. The molecule has 94 valence electrons. The molecule has 1 aliphatic heterocycles. The molecule has 4 nitrogen and oxygen atoms in total. The van der Waals surface area contributed by atoms with E-state index in [1.165, 1.54) is 6.20 Å². The van der Waals surface area contributed by atoms with Crippen LogP contribution in [0.5, 0.6) is 0 Å². The molecular weight excluding hydrogens is 257 g/mol. The van der Waals surface area contributed by atoms with Gasteiger partial charge in [0.15, 0.2) is 5.82 Å². The van der Waals surface area contributed by atoms with Gasteiger partial charge in [0.1, 0.15) is 0 Å². The predicted molar refractivity (Wildman–Crippen MR) is 67.3 cm³/mol. The number of rotatable bonds is 1. The van der Waals surface area contributed by atoms with Gasteiger partial charge < -0.3 is 10.3 Å². The van der Waals surface area contributed by atoms with E-state index in [2.05, 4.69) is 15.3 Å². The van der Waals surface area contributed by atoms with E-state index < -0.39 is 5.82 Å². The van der Waals surface area contributed by atoms with Crippen molar-refractivity contribution in [1.29, 1.82) is 0 Å². The number of fused-ring (bicyclic) bond motifs is 1. The average molecular weight is 268 g/mol. The summed E-state index contributed by atoms with van der Waals surface area (Å²) in [5.41, 5.74) is 2.51. The molecule has 18 heavy (non-hydrogen) atoms. The minimum atomic E-state index is -0.397. The molecule has 0 spiro atoms. The Kier molecular flexibility index (Phi) is 3.34. The number of halogens is 2. The van der Waals surface area contributed by atoms with E-state index in [9.17, 15) is 9.18 Å². The zero-order chi connectivity index (χ0) is 11.8. The molecule has 0 radical (unpaired) electrons. The third-order valence-corrected chi connectivity index (χ3v) is 2.87. The number of aromatic amines is 1. The Morgan fingerprint density at radius 1 is 1.33 bits per heavy atom. The standard InChI is InChI=1S/C12H10FN3O.ClH/c13-9-6-14-3-1-7(9)11-5-8-10(16-11)2-4-15-12(8)17;/h1,3,5-6,16H,2,4H2,(H,15,17);1H. The third kappa shape index (κ3) is 1.97. The lowest BCUT2D eigenvalue weighted by Crippen LogP contribution is -2.31. The second-order valence-electron chi connectivity index (χ2n) is 3.94. The number of carbonyl (C=O) groups excluding carboxylic acids is 1. The maximum atomic E-state index is 13.6. The lowest BCUT2D eigenvalue weighted by atomic mass is 10.1. The quantitative estimate of drug-likeness (QED) is 0.829. The second-order valence-corrected chi connectivity index (χ2v) is 3.94. The van der Waals surface area contributed by atoms with Gasteiger partial charge in [-0.2, -0.15) is 0 Å². The molecule has 0 saturated carbocycles. The van der Waals surface area contributed by atoms with Gasteiger partial charge in [0.25, 0.3) is 5.91 Å². The smallest absolute Gasteiger partial charge is 0.253 e. The van der Waals surface area contributed by atoms with E-state index in [0.29, 0.717) is 23.4 Å². The molecule has 2 aromatic rings. The van der Waals surface area contributed by atoms with Gasteiger partial charge in [-0.05, 0) is 12.1 Å². The number of nitrogens with zero attached hydrogens (tertiary/aromatic N) is 1. The Hall–Kier alpha value is -1.88. The molecule has 3 rings (SSSR count). The lowest BCUT2D eigenvalue weighted by Gasteiger charge is -2.10. The van der Waals surface area contributed by atoms with E-state index >= 15 is 0 Å². The fraction of sp³-hybridized carbons (Fsp3) is 0.167. The van der Waals surface area contributed by atoms with Gasteiger partial charge in [-0.25, -0.2) is 4.39 Å². The summed E-state index contributed by atoms with van der Waals surface area (Å²) in [7, 11) is 0. The van der Waals surface area contributed by atoms with Crippen molar-refractivity contribution in [2.24, 2.45) is 0 Å². The lowest BCUT2D eigenvalue weighted by molar-refractivity contribution is 0.0946. The van der Waals surface area contributed by atoms with Crippen molar-refractivity contribution in [2.75, 3.05) is 6.54 Å². The zero-order valence-electron chi connectivity index (χ0n) is 9.37. The first kappa shape index (κ1) is 12.6. The van der Waals surface area contributed by atoms with E-state index in [0.717, 1.165) is 18.3 Å². The summed E-state index contributed by atoms with van der Waals surface area (Å²) in [5.74, 6) is -0.505. The molecule has 2 aromatic heterocycles. The number of H-pyrrole nitrogens is 1. The number of carbonyl (C=O) groups is 1. The number of aromatic nitrogens is 2. The van der Waals surface area contributed by atoms with Gasteiger partial charge in [-0.1, -0.05) is 0 Å². The first-order valence-electron chi connectivity index (χ1n) is 5.35. The van der Waals surface area contributed by atoms with Crippen LogP contribution in [0.1, 0.15) is 16.1 Å². The first-order valence-corrected chi connectivity index (χ1v) is 5.35. The minimum absolute atomic E-state index is 0. The summed E-state index contributed by atoms with van der Waals surface area (Å²) in [6.45, 7) is 0.616. The Morgan fingerprint density at radius 2 is 2.17 bits per heavy atom. The SMILES string of the molecule is Cl.O=C1NCCc2[nH]c(-c3ccncc3F)cc21. The number of nitrogens with one attached hydrogen (secondary N) is 2. The van der Waals surface area contributed by atoms with Crippen molar-refractivity contribution < 1.29 is 9.18 Å². The summed E-state index contributed by atoms with van der Waals surface area (Å²) < 4.78 is 13.6. The maximum absolute atomic E-state index is 13.6. The maximum Gasteiger partial charge on any atom is 0.253 e. The summed E-state index contributed by atoms with van der Waals surface area (Å²) in [5, 5.41) is 2.75. The van der Waals surface area contributed by atoms with Gasteiger partial charge in [0.2, 0.25) is 0 Å². The molecule has 0 aromatic carbocycles. The van der Waals surface area contributed by atoms with Crippen LogP contribution in [0.25, 0.3) is 11.3 Å². The average Bonchev–Trinajstić information content (AvgIpc) is 2.75. The molecule has 6 heteroatoms. The van der Waals surface area contributed by atoms with Crippen LogP contribution >= 0.6 is 12.4 Å². The van der Waals surface area contributed by atoms with E-state index in [-0.39, 0.29) is 18.3 Å². The zero-order valence-corrected chi connectivity index (χ0v) is 10.2. The summed E-state index contributed by atoms with van der Waals surface area (Å²) >= 11 is 0. The van der Waals surface area contributed by atoms with E-state index in [4.69, 9.17) is 0 Å². The monoisotopic (exact) mass is 267 g/mol. The highest BCUT2D eigenvalue weighted by Crippen LogP contribution is 2.25. The highest BCUT2D eigenvalue weighted by atomic mass is 35.5. The Balaban J connectivity index is 0.00000120. The third-order valence-electron chi connectivity index (χ3n) is 2.87. The fourth-order valence-corrected chi connectivity index (χ4v) is 2.03. The Labute approximate surface area is 109 Å².